The summed E-state index contributed by atoms with van der Waals surface area (Å²) in [7, 11) is 0. The number of primary amides is 1. The number of halogens is 1. The fourth-order valence-corrected chi connectivity index (χ4v) is 4.66. The third-order valence-electron chi connectivity index (χ3n) is 6.06. The lowest BCUT2D eigenvalue weighted by molar-refractivity contribution is -0.133. The zero-order valence-corrected chi connectivity index (χ0v) is 18.1. The second-order valence-electron chi connectivity index (χ2n) is 8.04. The smallest absolute Gasteiger partial charge is 0.255 e. The van der Waals surface area contributed by atoms with Gasteiger partial charge in [0.25, 0.3) is 5.91 Å². The molecule has 0 spiro atoms. The molecule has 0 bridgehead atoms. The number of carbonyl (C=O) groups excluding carboxylic acids is 2. The molecule has 32 heavy (non-hydrogen) atoms. The maximum Gasteiger partial charge on any atom is 0.255 e. The number of carbonyl (C=O) groups is 2. The molecular formula is C25H22ClN3O3. The summed E-state index contributed by atoms with van der Waals surface area (Å²) in [5, 5.41) is 1.49. The first kappa shape index (κ1) is 20.7. The van der Waals surface area contributed by atoms with Crippen molar-refractivity contribution in [3.8, 4) is 0 Å². The van der Waals surface area contributed by atoms with Gasteiger partial charge in [-0.15, -0.1) is 0 Å². The molecule has 1 unspecified atom stereocenters. The van der Waals surface area contributed by atoms with Crippen LogP contribution >= 0.6 is 11.6 Å². The van der Waals surface area contributed by atoms with E-state index in [0.717, 1.165) is 39.7 Å². The SMILES string of the molecule is NC(=O)C1CN(C(=O)c2c3c(nc4ccccc24)C(=Cc2ccccc2Cl)CC3)CCO1. The Morgan fingerprint density at radius 2 is 1.91 bits per heavy atom. The molecule has 162 valence electrons. The van der Waals surface area contributed by atoms with Crippen molar-refractivity contribution in [1.82, 2.24) is 9.88 Å². The predicted octanol–water partition coefficient (Wildman–Crippen LogP) is 3.70. The van der Waals surface area contributed by atoms with Gasteiger partial charge >= 0.3 is 0 Å². The van der Waals surface area contributed by atoms with Gasteiger partial charge in [-0.2, -0.15) is 0 Å². The number of morpholine rings is 1. The summed E-state index contributed by atoms with van der Waals surface area (Å²) in [5.74, 6) is -0.675. The van der Waals surface area contributed by atoms with Crippen LogP contribution in [0, 0.1) is 0 Å². The lowest BCUT2D eigenvalue weighted by atomic mass is 9.99. The van der Waals surface area contributed by atoms with E-state index in [1.807, 2.05) is 48.5 Å². The van der Waals surface area contributed by atoms with E-state index in [1.54, 1.807) is 4.90 Å². The summed E-state index contributed by atoms with van der Waals surface area (Å²) >= 11 is 6.37. The van der Waals surface area contributed by atoms with Crippen molar-refractivity contribution in [1.29, 1.82) is 0 Å². The average Bonchev–Trinajstić information content (AvgIpc) is 3.20. The summed E-state index contributed by atoms with van der Waals surface area (Å²) in [5.41, 5.74) is 10.6. The van der Waals surface area contributed by atoms with Gasteiger partial charge in [-0.1, -0.05) is 48.0 Å². The Hall–Kier alpha value is -3.22. The molecule has 2 amide bonds. The number of ether oxygens (including phenoxy) is 1. The Bertz CT molecular complexity index is 1270. The molecule has 2 aromatic carbocycles. The maximum atomic E-state index is 13.7. The van der Waals surface area contributed by atoms with E-state index in [0.29, 0.717) is 23.6 Å². The maximum absolute atomic E-state index is 13.7. The fraction of sp³-hybridized carbons (Fsp3) is 0.240. The van der Waals surface area contributed by atoms with Gasteiger partial charge in [-0.3, -0.25) is 9.59 Å². The normalized spacial score (nSPS) is 19.3. The van der Waals surface area contributed by atoms with Crippen molar-refractivity contribution < 1.29 is 14.3 Å². The molecular weight excluding hydrogens is 426 g/mol. The minimum absolute atomic E-state index is 0.117. The van der Waals surface area contributed by atoms with E-state index in [4.69, 9.17) is 27.1 Å². The van der Waals surface area contributed by atoms with E-state index >= 15 is 0 Å². The lowest BCUT2D eigenvalue weighted by Gasteiger charge is -2.32. The molecule has 1 saturated heterocycles. The Morgan fingerprint density at radius 3 is 2.72 bits per heavy atom. The largest absolute Gasteiger partial charge is 0.367 e. The summed E-state index contributed by atoms with van der Waals surface area (Å²) in [6.07, 6.45) is 2.76. The average molecular weight is 448 g/mol. The second kappa shape index (κ2) is 8.37. The first-order chi connectivity index (χ1) is 15.5. The number of benzene rings is 2. The van der Waals surface area contributed by atoms with Crippen LogP contribution in [0.1, 0.15) is 33.6 Å². The number of rotatable bonds is 3. The number of pyridine rings is 1. The Labute approximate surface area is 190 Å². The first-order valence-electron chi connectivity index (χ1n) is 10.6. The van der Waals surface area contributed by atoms with Crippen molar-refractivity contribution in [3.05, 3.63) is 75.9 Å². The third-order valence-corrected chi connectivity index (χ3v) is 6.41. The highest BCUT2D eigenvalue weighted by Crippen LogP contribution is 2.38. The van der Waals surface area contributed by atoms with Crippen LogP contribution in [0.15, 0.2) is 48.5 Å². The molecule has 2 aliphatic rings. The summed E-state index contributed by atoms with van der Waals surface area (Å²) < 4.78 is 5.43. The molecule has 0 radical (unpaired) electrons. The van der Waals surface area contributed by atoms with Crippen molar-refractivity contribution >= 4 is 46.0 Å². The van der Waals surface area contributed by atoms with Gasteiger partial charge in [0.1, 0.15) is 0 Å². The third kappa shape index (κ3) is 3.66. The highest BCUT2D eigenvalue weighted by Gasteiger charge is 2.33. The summed E-state index contributed by atoms with van der Waals surface area (Å²) in [6.45, 7) is 0.848. The highest BCUT2D eigenvalue weighted by molar-refractivity contribution is 6.32. The van der Waals surface area contributed by atoms with E-state index in [-0.39, 0.29) is 19.1 Å². The minimum atomic E-state index is -0.787. The van der Waals surface area contributed by atoms with Gasteiger partial charge in [0.2, 0.25) is 5.91 Å². The van der Waals surface area contributed by atoms with E-state index in [1.165, 1.54) is 0 Å². The summed E-state index contributed by atoms with van der Waals surface area (Å²) in [6, 6.07) is 15.4. The molecule has 3 aromatic rings. The zero-order valence-electron chi connectivity index (χ0n) is 17.4. The molecule has 1 fully saturated rings. The molecule has 2 N–H and O–H groups in total. The van der Waals surface area contributed by atoms with Gasteiger partial charge in [-0.25, -0.2) is 4.98 Å². The fourth-order valence-electron chi connectivity index (χ4n) is 4.47. The number of allylic oxidation sites excluding steroid dienone is 1. The van der Waals surface area contributed by atoms with Crippen LogP contribution in [0.2, 0.25) is 5.02 Å². The van der Waals surface area contributed by atoms with Crippen LogP contribution in [-0.2, 0) is 16.0 Å². The molecule has 1 aliphatic carbocycles. The van der Waals surface area contributed by atoms with Gasteiger partial charge < -0.3 is 15.4 Å². The number of nitrogens with two attached hydrogens (primary N) is 1. The topological polar surface area (TPSA) is 85.5 Å². The number of amides is 2. The van der Waals surface area contributed by atoms with Gasteiger partial charge in [-0.05, 0) is 47.8 Å². The Morgan fingerprint density at radius 1 is 1.12 bits per heavy atom. The first-order valence-corrected chi connectivity index (χ1v) is 11.0. The Kier molecular flexibility index (Phi) is 5.41. The molecule has 1 aliphatic heterocycles. The van der Waals surface area contributed by atoms with Crippen molar-refractivity contribution in [2.45, 2.75) is 18.9 Å². The van der Waals surface area contributed by atoms with E-state index in [2.05, 4.69) is 6.08 Å². The number of hydrogen-bond donors (Lipinski definition) is 1. The molecule has 5 rings (SSSR count). The molecule has 2 heterocycles. The van der Waals surface area contributed by atoms with Crippen LogP contribution in [-0.4, -0.2) is 47.5 Å². The second-order valence-corrected chi connectivity index (χ2v) is 8.44. The molecule has 1 aromatic heterocycles. The number of hydrogen-bond acceptors (Lipinski definition) is 4. The number of aromatic nitrogens is 1. The van der Waals surface area contributed by atoms with Crippen LogP contribution in [0.4, 0.5) is 0 Å². The number of nitrogens with zero attached hydrogens (tertiary/aromatic N) is 2. The van der Waals surface area contributed by atoms with Gasteiger partial charge in [0.05, 0.1) is 29.9 Å². The van der Waals surface area contributed by atoms with Crippen LogP contribution < -0.4 is 5.73 Å². The zero-order chi connectivity index (χ0) is 22.2. The van der Waals surface area contributed by atoms with E-state index in [9.17, 15) is 9.59 Å². The minimum Gasteiger partial charge on any atom is -0.367 e. The van der Waals surface area contributed by atoms with Crippen molar-refractivity contribution in [3.63, 3.8) is 0 Å². The van der Waals surface area contributed by atoms with Crippen molar-refractivity contribution in [2.24, 2.45) is 5.73 Å². The van der Waals surface area contributed by atoms with Crippen molar-refractivity contribution in [2.75, 3.05) is 19.7 Å². The number of fused-ring (bicyclic) bond motifs is 2. The number of para-hydroxylation sites is 1. The monoisotopic (exact) mass is 447 g/mol. The predicted molar refractivity (Wildman–Crippen MR) is 124 cm³/mol. The van der Waals surface area contributed by atoms with Crippen LogP contribution in [0.25, 0.3) is 22.6 Å². The molecule has 7 heteroatoms. The van der Waals surface area contributed by atoms with Crippen LogP contribution in [0.5, 0.6) is 0 Å². The molecule has 0 saturated carbocycles. The molecule has 1 atom stereocenters. The standard InChI is InChI=1S/C25H22ClN3O3/c26-19-7-3-1-5-15(19)13-16-9-10-18-22(17-6-2-4-8-20(17)28-23(16)18)25(31)29-11-12-32-21(14-29)24(27)30/h1-8,13,21H,9-12,14H2,(H2,27,30). The molecule has 6 nitrogen and oxygen atoms in total. The highest BCUT2D eigenvalue weighted by atomic mass is 35.5. The Balaban J connectivity index is 1.62. The van der Waals surface area contributed by atoms with Crippen LogP contribution in [0.3, 0.4) is 0 Å². The summed E-state index contributed by atoms with van der Waals surface area (Å²) in [4.78, 5) is 31.9. The van der Waals surface area contributed by atoms with Gasteiger partial charge in [0.15, 0.2) is 6.10 Å². The lowest BCUT2D eigenvalue weighted by Crippen LogP contribution is -2.50. The quantitative estimate of drug-likeness (QED) is 0.663. The van der Waals surface area contributed by atoms with E-state index < -0.39 is 12.0 Å². The van der Waals surface area contributed by atoms with Gasteiger partial charge in [0, 0.05) is 17.0 Å².